The molecule has 0 fully saturated rings. The Kier molecular flexibility index (Phi) is 5.48. The summed E-state index contributed by atoms with van der Waals surface area (Å²) in [5.41, 5.74) is 8.15. The van der Waals surface area contributed by atoms with Crippen molar-refractivity contribution in [2.75, 3.05) is 0 Å². The molecule has 2 nitrogen and oxygen atoms in total. The zero-order valence-corrected chi connectivity index (χ0v) is 25.6. The maximum atomic E-state index is 5.04. The number of thiazole rings is 1. The van der Waals surface area contributed by atoms with Gasteiger partial charge in [-0.25, -0.2) is 4.98 Å². The Morgan fingerprint density at radius 3 is 1.72 bits per heavy atom. The predicted octanol–water partition coefficient (Wildman–Crippen LogP) is 12.2. The van der Waals surface area contributed by atoms with Crippen LogP contribution in [0.25, 0.3) is 91.7 Å². The first-order valence-corrected chi connectivity index (χ1v) is 16.5. The van der Waals surface area contributed by atoms with Gasteiger partial charge in [-0.2, -0.15) is 0 Å². The first kappa shape index (κ1) is 25.5. The van der Waals surface area contributed by atoms with Crippen LogP contribution in [0.15, 0.2) is 158 Å². The van der Waals surface area contributed by atoms with Crippen molar-refractivity contribution in [3.63, 3.8) is 0 Å². The van der Waals surface area contributed by atoms with Gasteiger partial charge in [-0.15, -0.1) is 11.3 Å². The lowest BCUT2D eigenvalue weighted by Gasteiger charge is -2.13. The van der Waals surface area contributed by atoms with Crippen molar-refractivity contribution in [2.24, 2.45) is 0 Å². The number of para-hydroxylation sites is 3. The maximum absolute atomic E-state index is 5.04. The Morgan fingerprint density at radius 1 is 0.413 bits per heavy atom. The van der Waals surface area contributed by atoms with Crippen LogP contribution in [0.4, 0.5) is 0 Å². The molecule has 0 N–H and O–H groups in total. The van der Waals surface area contributed by atoms with Crippen molar-refractivity contribution in [1.29, 1.82) is 0 Å². The van der Waals surface area contributed by atoms with Crippen molar-refractivity contribution in [3.05, 3.63) is 158 Å². The molecule has 10 aromatic rings. The highest BCUT2D eigenvalue weighted by molar-refractivity contribution is 7.21. The fraction of sp³-hybridized carbons (Fsp3) is 0. The highest BCUT2D eigenvalue weighted by Gasteiger charge is 2.18. The second-order valence-electron chi connectivity index (χ2n) is 11.9. The van der Waals surface area contributed by atoms with E-state index in [4.69, 9.17) is 4.98 Å². The van der Waals surface area contributed by atoms with E-state index in [1.807, 2.05) is 0 Å². The zero-order chi connectivity index (χ0) is 30.2. The Morgan fingerprint density at radius 2 is 0.957 bits per heavy atom. The van der Waals surface area contributed by atoms with E-state index in [0.717, 1.165) is 21.8 Å². The average molecular weight is 603 g/mol. The summed E-state index contributed by atoms with van der Waals surface area (Å²) in [5.74, 6) is 0. The molecule has 0 saturated carbocycles. The molecule has 0 aliphatic heterocycles. The third-order valence-corrected chi connectivity index (χ3v) is 10.5. The normalized spacial score (nSPS) is 11.9. The Balaban J connectivity index is 1.20. The summed E-state index contributed by atoms with van der Waals surface area (Å²) in [6.45, 7) is 0. The van der Waals surface area contributed by atoms with Crippen LogP contribution in [0.2, 0.25) is 0 Å². The van der Waals surface area contributed by atoms with E-state index in [2.05, 4.69) is 162 Å². The van der Waals surface area contributed by atoms with Crippen molar-refractivity contribution in [2.45, 2.75) is 0 Å². The third-order valence-electron chi connectivity index (χ3n) is 9.42. The minimum Gasteiger partial charge on any atom is -0.309 e. The highest BCUT2D eigenvalue weighted by Crippen LogP contribution is 2.41. The molecule has 0 aliphatic carbocycles. The van der Waals surface area contributed by atoms with E-state index in [1.165, 1.54) is 70.0 Å². The summed E-state index contributed by atoms with van der Waals surface area (Å²) in [6.07, 6.45) is 0. The minimum absolute atomic E-state index is 1.04. The molecule has 8 aromatic carbocycles. The van der Waals surface area contributed by atoms with Crippen LogP contribution in [-0.2, 0) is 0 Å². The van der Waals surface area contributed by atoms with E-state index in [9.17, 15) is 0 Å². The second-order valence-corrected chi connectivity index (χ2v) is 13.0. The van der Waals surface area contributed by atoms with E-state index in [1.54, 1.807) is 11.3 Å². The van der Waals surface area contributed by atoms with Crippen LogP contribution < -0.4 is 0 Å². The van der Waals surface area contributed by atoms with Gasteiger partial charge in [0.25, 0.3) is 0 Å². The molecule has 3 heteroatoms. The smallest absolute Gasteiger partial charge is 0.126 e. The summed E-state index contributed by atoms with van der Waals surface area (Å²) in [5, 5.41) is 11.3. The zero-order valence-electron chi connectivity index (χ0n) is 24.8. The molecule has 214 valence electrons. The number of nitrogens with zero attached hydrogens (tertiary/aromatic N) is 2. The second kappa shape index (κ2) is 9.87. The molecule has 0 amide bonds. The molecule has 0 bridgehead atoms. The molecule has 0 aliphatic rings. The Hall–Kier alpha value is -5.77. The fourth-order valence-corrected chi connectivity index (χ4v) is 8.34. The lowest BCUT2D eigenvalue weighted by Crippen LogP contribution is -1.96. The van der Waals surface area contributed by atoms with Crippen LogP contribution in [0.5, 0.6) is 0 Å². The van der Waals surface area contributed by atoms with Crippen LogP contribution >= 0.6 is 11.3 Å². The largest absolute Gasteiger partial charge is 0.309 e. The number of rotatable bonds is 3. The SMILES string of the molecule is c1ccc(-n2c3ccccc3c3cc(-c4ccc5c6ccccc6c6ccccc6c5c4)ccc32)c(-c2nc3ccccc3s2)c1. The fourth-order valence-electron chi connectivity index (χ4n) is 7.34. The van der Waals surface area contributed by atoms with Crippen LogP contribution in [-0.4, -0.2) is 9.55 Å². The number of aromatic nitrogens is 2. The van der Waals surface area contributed by atoms with E-state index >= 15 is 0 Å². The van der Waals surface area contributed by atoms with Crippen LogP contribution in [0, 0.1) is 0 Å². The summed E-state index contributed by atoms with van der Waals surface area (Å²) >= 11 is 1.75. The van der Waals surface area contributed by atoms with Gasteiger partial charge in [0.05, 0.1) is 26.9 Å². The van der Waals surface area contributed by atoms with Gasteiger partial charge in [-0.05, 0) is 92.0 Å². The molecule has 2 aromatic heterocycles. The molecule has 0 radical (unpaired) electrons. The van der Waals surface area contributed by atoms with E-state index in [-0.39, 0.29) is 0 Å². The summed E-state index contributed by atoms with van der Waals surface area (Å²) < 4.78 is 3.62. The standard InChI is InChI=1S/C43H26N2S/c1-2-13-31-29(11-1)30-12-3-4-14-32(30)36-25-27(21-23-33(31)36)28-22-24-41-37(26-28)34-15-5-8-18-39(34)45(41)40-19-9-6-16-35(40)43-44-38-17-7-10-20-42(38)46-43/h1-26H. The van der Waals surface area contributed by atoms with Gasteiger partial charge in [-0.1, -0.05) is 109 Å². The average Bonchev–Trinajstić information content (AvgIpc) is 3.71. The molecule has 0 unspecified atom stereocenters. The highest BCUT2D eigenvalue weighted by atomic mass is 32.1. The number of hydrogen-bond donors (Lipinski definition) is 0. The number of hydrogen-bond acceptors (Lipinski definition) is 2. The maximum Gasteiger partial charge on any atom is 0.126 e. The number of benzene rings is 8. The first-order chi connectivity index (χ1) is 22.8. The first-order valence-electron chi connectivity index (χ1n) is 15.6. The topological polar surface area (TPSA) is 17.8 Å². The van der Waals surface area contributed by atoms with Crippen molar-refractivity contribution < 1.29 is 0 Å². The van der Waals surface area contributed by atoms with Gasteiger partial charge in [0.15, 0.2) is 0 Å². The van der Waals surface area contributed by atoms with E-state index < -0.39 is 0 Å². The molecular weight excluding hydrogens is 577 g/mol. The quantitative estimate of drug-likeness (QED) is 0.184. The minimum atomic E-state index is 1.04. The summed E-state index contributed by atoms with van der Waals surface area (Å²) in [7, 11) is 0. The van der Waals surface area contributed by atoms with Gasteiger partial charge in [0.1, 0.15) is 5.01 Å². The molecule has 46 heavy (non-hydrogen) atoms. The Labute approximate surface area is 269 Å². The predicted molar refractivity (Wildman–Crippen MR) is 197 cm³/mol. The van der Waals surface area contributed by atoms with Crippen LogP contribution in [0.1, 0.15) is 0 Å². The van der Waals surface area contributed by atoms with Crippen molar-refractivity contribution in [3.8, 4) is 27.4 Å². The molecule has 0 spiro atoms. The molecule has 10 rings (SSSR count). The van der Waals surface area contributed by atoms with Gasteiger partial charge >= 0.3 is 0 Å². The lowest BCUT2D eigenvalue weighted by atomic mass is 9.92. The molecule has 0 saturated heterocycles. The Bertz CT molecular complexity index is 2750. The van der Waals surface area contributed by atoms with E-state index in [0.29, 0.717) is 0 Å². The summed E-state index contributed by atoms with van der Waals surface area (Å²) in [6, 6.07) is 57.3. The molecule has 2 heterocycles. The third kappa shape index (κ3) is 3.73. The summed E-state index contributed by atoms with van der Waals surface area (Å²) in [4.78, 5) is 5.04. The van der Waals surface area contributed by atoms with Gasteiger partial charge in [0.2, 0.25) is 0 Å². The van der Waals surface area contributed by atoms with Gasteiger partial charge in [-0.3, -0.25) is 0 Å². The van der Waals surface area contributed by atoms with Crippen LogP contribution in [0.3, 0.4) is 0 Å². The van der Waals surface area contributed by atoms with Crippen molar-refractivity contribution >= 4 is 75.7 Å². The number of fused-ring (bicyclic) bond motifs is 10. The lowest BCUT2D eigenvalue weighted by molar-refractivity contribution is 1.18. The van der Waals surface area contributed by atoms with Gasteiger partial charge in [0, 0.05) is 16.3 Å². The van der Waals surface area contributed by atoms with Gasteiger partial charge < -0.3 is 4.57 Å². The molecular formula is C43H26N2S. The monoisotopic (exact) mass is 602 g/mol. The van der Waals surface area contributed by atoms with Crippen molar-refractivity contribution in [1.82, 2.24) is 9.55 Å². The molecule has 0 atom stereocenters.